The van der Waals surface area contributed by atoms with Crippen LogP contribution in [0.2, 0.25) is 0 Å². The number of hydrogen-bond acceptors (Lipinski definition) is 5. The Bertz CT molecular complexity index is 779. The number of nitro benzene ring substituents is 1. The Hall–Kier alpha value is -2.83. The highest BCUT2D eigenvalue weighted by Crippen LogP contribution is 2.39. The second-order valence-electron chi connectivity index (χ2n) is 5.94. The van der Waals surface area contributed by atoms with Gasteiger partial charge < -0.3 is 14.4 Å². The molecule has 0 N–H and O–H groups in total. The Morgan fingerprint density at radius 1 is 1.20 bits per heavy atom. The van der Waals surface area contributed by atoms with Crippen LogP contribution < -0.4 is 14.4 Å². The van der Waals surface area contributed by atoms with Crippen LogP contribution in [0.5, 0.6) is 11.5 Å². The zero-order chi connectivity index (χ0) is 18.0. The van der Waals surface area contributed by atoms with Crippen molar-refractivity contribution in [3.63, 3.8) is 0 Å². The number of ether oxygens (including phenoxy) is 2. The molecule has 7 heteroatoms. The molecule has 6 nitrogen and oxygen atoms in total. The zero-order valence-electron chi connectivity index (χ0n) is 14.1. The summed E-state index contributed by atoms with van der Waals surface area (Å²) in [6.07, 6.45) is 0.864. The summed E-state index contributed by atoms with van der Waals surface area (Å²) >= 11 is 0. The maximum absolute atomic E-state index is 13.8. The van der Waals surface area contributed by atoms with Crippen LogP contribution in [0.15, 0.2) is 36.4 Å². The van der Waals surface area contributed by atoms with Crippen molar-refractivity contribution in [1.82, 2.24) is 0 Å². The summed E-state index contributed by atoms with van der Waals surface area (Å²) in [5, 5.41) is 11.3. The van der Waals surface area contributed by atoms with Gasteiger partial charge in [0.15, 0.2) is 11.6 Å². The highest BCUT2D eigenvalue weighted by atomic mass is 19.1. The topological polar surface area (TPSA) is 64.8 Å². The van der Waals surface area contributed by atoms with Gasteiger partial charge >= 0.3 is 0 Å². The van der Waals surface area contributed by atoms with E-state index in [0.717, 1.165) is 23.8 Å². The van der Waals surface area contributed by atoms with Gasteiger partial charge in [0, 0.05) is 25.1 Å². The zero-order valence-corrected chi connectivity index (χ0v) is 14.1. The van der Waals surface area contributed by atoms with Crippen molar-refractivity contribution >= 4 is 11.4 Å². The summed E-state index contributed by atoms with van der Waals surface area (Å²) in [7, 11) is 2.96. The summed E-state index contributed by atoms with van der Waals surface area (Å²) in [4.78, 5) is 12.7. The molecular formula is C18H19FN2O4. The normalized spacial score (nSPS) is 16.8. The average Bonchev–Trinajstić information content (AvgIpc) is 3.11. The molecule has 0 aromatic heterocycles. The van der Waals surface area contributed by atoms with E-state index in [9.17, 15) is 14.5 Å². The predicted molar refractivity (Wildman–Crippen MR) is 92.2 cm³/mol. The van der Waals surface area contributed by atoms with Gasteiger partial charge in [-0.2, -0.15) is 0 Å². The maximum atomic E-state index is 13.8. The standard InChI is InChI=1S/C18H19FN2O4/c1-24-14-5-3-12(4-6-14)13-7-8-20(11-13)16-10-18(25-2)15(19)9-17(16)21(22)23/h3-6,9-10,13H,7-8,11H2,1-2H3. The van der Waals surface area contributed by atoms with Gasteiger partial charge in [-0.1, -0.05) is 12.1 Å². The van der Waals surface area contributed by atoms with Gasteiger partial charge in [-0.25, -0.2) is 4.39 Å². The van der Waals surface area contributed by atoms with E-state index >= 15 is 0 Å². The van der Waals surface area contributed by atoms with E-state index < -0.39 is 10.7 Å². The third-order valence-corrected chi connectivity index (χ3v) is 4.56. The first-order chi connectivity index (χ1) is 12.0. The van der Waals surface area contributed by atoms with Gasteiger partial charge in [0.25, 0.3) is 5.69 Å². The van der Waals surface area contributed by atoms with Crippen LogP contribution >= 0.6 is 0 Å². The van der Waals surface area contributed by atoms with E-state index in [1.54, 1.807) is 7.11 Å². The van der Waals surface area contributed by atoms with Gasteiger partial charge in [-0.05, 0) is 24.1 Å². The van der Waals surface area contributed by atoms with Crippen molar-refractivity contribution in [2.75, 3.05) is 32.2 Å². The van der Waals surface area contributed by atoms with Crippen LogP contribution in [0, 0.1) is 15.9 Å². The van der Waals surface area contributed by atoms with Crippen molar-refractivity contribution < 1.29 is 18.8 Å². The Kier molecular flexibility index (Phi) is 4.74. The fourth-order valence-corrected chi connectivity index (χ4v) is 3.22. The molecule has 1 aliphatic rings. The van der Waals surface area contributed by atoms with Crippen LogP contribution in [-0.4, -0.2) is 32.2 Å². The lowest BCUT2D eigenvalue weighted by Crippen LogP contribution is -2.20. The molecule has 1 fully saturated rings. The van der Waals surface area contributed by atoms with Gasteiger partial charge in [0.2, 0.25) is 0 Å². The summed E-state index contributed by atoms with van der Waals surface area (Å²) in [5.41, 5.74) is 1.30. The Balaban J connectivity index is 1.86. The minimum Gasteiger partial charge on any atom is -0.497 e. The number of benzene rings is 2. The molecule has 0 saturated carbocycles. The molecule has 0 amide bonds. The Morgan fingerprint density at radius 2 is 1.92 bits per heavy atom. The van der Waals surface area contributed by atoms with Crippen LogP contribution in [0.1, 0.15) is 17.9 Å². The number of hydrogen-bond donors (Lipinski definition) is 0. The third-order valence-electron chi connectivity index (χ3n) is 4.56. The highest BCUT2D eigenvalue weighted by Gasteiger charge is 2.30. The monoisotopic (exact) mass is 346 g/mol. The minimum absolute atomic E-state index is 0.00787. The van der Waals surface area contributed by atoms with Crippen LogP contribution in [0.25, 0.3) is 0 Å². The summed E-state index contributed by atoms with van der Waals surface area (Å²) in [5.74, 6) is 0.316. The van der Waals surface area contributed by atoms with Gasteiger partial charge in [0.05, 0.1) is 25.2 Å². The lowest BCUT2D eigenvalue weighted by Gasteiger charge is -2.19. The third kappa shape index (κ3) is 3.35. The first kappa shape index (κ1) is 17.0. The number of nitro groups is 1. The molecule has 0 bridgehead atoms. The number of rotatable bonds is 5. The minimum atomic E-state index is -0.733. The number of halogens is 1. The first-order valence-corrected chi connectivity index (χ1v) is 7.94. The SMILES string of the molecule is COc1ccc(C2CCN(c3cc(OC)c(F)cc3[N+](=O)[O-])C2)cc1. The smallest absolute Gasteiger partial charge is 0.295 e. The molecular weight excluding hydrogens is 327 g/mol. The molecule has 1 unspecified atom stereocenters. The second kappa shape index (κ2) is 6.96. The van der Waals surface area contributed by atoms with Crippen molar-refractivity contribution in [3.8, 4) is 11.5 Å². The van der Waals surface area contributed by atoms with Gasteiger partial charge in [0.1, 0.15) is 11.4 Å². The highest BCUT2D eigenvalue weighted by molar-refractivity contribution is 5.67. The van der Waals surface area contributed by atoms with E-state index in [4.69, 9.17) is 9.47 Å². The molecule has 1 aliphatic heterocycles. The fraction of sp³-hybridized carbons (Fsp3) is 0.333. The largest absolute Gasteiger partial charge is 0.497 e. The van der Waals surface area contributed by atoms with Crippen molar-refractivity contribution in [1.29, 1.82) is 0 Å². The molecule has 1 saturated heterocycles. The molecule has 2 aromatic rings. The summed E-state index contributed by atoms with van der Waals surface area (Å²) in [6.45, 7) is 1.29. The van der Waals surface area contributed by atoms with E-state index in [1.165, 1.54) is 13.2 Å². The predicted octanol–water partition coefficient (Wildman–Crippen LogP) is 3.75. The van der Waals surface area contributed by atoms with Crippen molar-refractivity contribution in [3.05, 3.63) is 57.9 Å². The fourth-order valence-electron chi connectivity index (χ4n) is 3.22. The van der Waals surface area contributed by atoms with Crippen LogP contribution in [0.4, 0.5) is 15.8 Å². The van der Waals surface area contributed by atoms with Crippen molar-refractivity contribution in [2.24, 2.45) is 0 Å². The number of nitrogens with zero attached hydrogens (tertiary/aromatic N) is 2. The molecule has 1 atom stereocenters. The Morgan fingerprint density at radius 3 is 2.52 bits per heavy atom. The van der Waals surface area contributed by atoms with E-state index in [0.29, 0.717) is 18.8 Å². The maximum Gasteiger partial charge on any atom is 0.295 e. The molecule has 0 aliphatic carbocycles. The molecule has 0 radical (unpaired) electrons. The summed E-state index contributed by atoms with van der Waals surface area (Å²) in [6, 6.07) is 10.2. The van der Waals surface area contributed by atoms with E-state index in [1.807, 2.05) is 29.2 Å². The second-order valence-corrected chi connectivity index (χ2v) is 5.94. The Labute approximate surface area is 144 Å². The molecule has 25 heavy (non-hydrogen) atoms. The molecule has 0 spiro atoms. The summed E-state index contributed by atoms with van der Waals surface area (Å²) < 4.78 is 24.0. The molecule has 1 heterocycles. The van der Waals surface area contributed by atoms with Crippen LogP contribution in [0.3, 0.4) is 0 Å². The van der Waals surface area contributed by atoms with Gasteiger partial charge in [-0.3, -0.25) is 10.1 Å². The first-order valence-electron chi connectivity index (χ1n) is 7.94. The molecule has 2 aromatic carbocycles. The molecule has 3 rings (SSSR count). The van der Waals surface area contributed by atoms with Crippen molar-refractivity contribution in [2.45, 2.75) is 12.3 Å². The van der Waals surface area contributed by atoms with E-state index in [2.05, 4.69) is 0 Å². The number of methoxy groups -OCH3 is 2. The van der Waals surface area contributed by atoms with E-state index in [-0.39, 0.29) is 17.4 Å². The molecule has 132 valence electrons. The van der Waals surface area contributed by atoms with Gasteiger partial charge in [-0.15, -0.1) is 0 Å². The lowest BCUT2D eigenvalue weighted by atomic mass is 9.98. The lowest BCUT2D eigenvalue weighted by molar-refractivity contribution is -0.384. The van der Waals surface area contributed by atoms with Crippen LogP contribution in [-0.2, 0) is 0 Å². The average molecular weight is 346 g/mol. The quantitative estimate of drug-likeness (QED) is 0.609. The number of anilines is 1.